The second kappa shape index (κ2) is 7.22. The number of carbonyl (C=O) groups excluding carboxylic acids is 1. The SMILES string of the molecule is O=C(O)C1(C(=O)NCCCOCCc2ccccc2)CC1. The number of hydrogen-bond donors (Lipinski definition) is 2. The summed E-state index contributed by atoms with van der Waals surface area (Å²) in [5.74, 6) is -1.38. The molecule has 5 heteroatoms. The number of aliphatic carboxylic acids is 1. The molecule has 2 N–H and O–H groups in total. The van der Waals surface area contributed by atoms with Crippen LogP contribution in [-0.4, -0.2) is 36.7 Å². The number of amides is 1. The highest BCUT2D eigenvalue weighted by Crippen LogP contribution is 2.45. The van der Waals surface area contributed by atoms with E-state index in [1.165, 1.54) is 5.56 Å². The lowest BCUT2D eigenvalue weighted by molar-refractivity contribution is -0.149. The fourth-order valence-corrected chi connectivity index (χ4v) is 2.15. The molecule has 1 aromatic rings. The number of carbonyl (C=O) groups is 2. The molecule has 0 aromatic heterocycles. The molecule has 1 aliphatic rings. The van der Waals surface area contributed by atoms with Crippen LogP contribution >= 0.6 is 0 Å². The van der Waals surface area contributed by atoms with E-state index in [-0.39, 0.29) is 5.91 Å². The summed E-state index contributed by atoms with van der Waals surface area (Å²) in [6.45, 7) is 1.67. The Labute approximate surface area is 124 Å². The Morgan fingerprint density at radius 2 is 1.90 bits per heavy atom. The summed E-state index contributed by atoms with van der Waals surface area (Å²) >= 11 is 0. The third-order valence-corrected chi connectivity index (χ3v) is 3.72. The zero-order valence-electron chi connectivity index (χ0n) is 12.0. The first-order valence-electron chi connectivity index (χ1n) is 7.28. The van der Waals surface area contributed by atoms with Crippen molar-refractivity contribution in [3.63, 3.8) is 0 Å². The number of carboxylic acid groups (broad SMARTS) is 1. The maximum atomic E-state index is 11.7. The van der Waals surface area contributed by atoms with Crippen molar-refractivity contribution in [2.45, 2.75) is 25.7 Å². The van der Waals surface area contributed by atoms with E-state index in [2.05, 4.69) is 17.4 Å². The molecule has 1 aromatic carbocycles. The lowest BCUT2D eigenvalue weighted by Crippen LogP contribution is -2.37. The Kier molecular flexibility index (Phi) is 5.33. The number of ether oxygens (including phenoxy) is 1. The minimum Gasteiger partial charge on any atom is -0.480 e. The predicted molar refractivity (Wildman–Crippen MR) is 77.9 cm³/mol. The molecule has 0 atom stereocenters. The summed E-state index contributed by atoms with van der Waals surface area (Å²) in [6, 6.07) is 10.1. The highest BCUT2D eigenvalue weighted by atomic mass is 16.5. The van der Waals surface area contributed by atoms with Gasteiger partial charge in [0.15, 0.2) is 0 Å². The first-order chi connectivity index (χ1) is 10.1. The first-order valence-corrected chi connectivity index (χ1v) is 7.28. The standard InChI is InChI=1S/C16H21NO4/c18-14(16(8-9-16)15(19)20)17-10-4-11-21-12-7-13-5-2-1-3-6-13/h1-3,5-6H,4,7-12H2,(H,17,18)(H,19,20). The summed E-state index contributed by atoms with van der Waals surface area (Å²) in [4.78, 5) is 22.7. The molecular formula is C16H21NO4. The van der Waals surface area contributed by atoms with Crippen molar-refractivity contribution >= 4 is 11.9 Å². The highest BCUT2D eigenvalue weighted by molar-refractivity contribution is 6.04. The van der Waals surface area contributed by atoms with Gasteiger partial charge in [0, 0.05) is 13.2 Å². The number of nitrogens with one attached hydrogen (secondary N) is 1. The minimum absolute atomic E-state index is 0.362. The van der Waals surface area contributed by atoms with Crippen LogP contribution in [0.4, 0.5) is 0 Å². The normalized spacial score (nSPS) is 15.4. The van der Waals surface area contributed by atoms with E-state index in [1.54, 1.807) is 0 Å². The van der Waals surface area contributed by atoms with Crippen molar-refractivity contribution in [2.24, 2.45) is 5.41 Å². The van der Waals surface area contributed by atoms with Gasteiger partial charge in [0.1, 0.15) is 5.41 Å². The molecular weight excluding hydrogens is 270 g/mol. The summed E-state index contributed by atoms with van der Waals surface area (Å²) < 4.78 is 5.50. The summed E-state index contributed by atoms with van der Waals surface area (Å²) in [7, 11) is 0. The van der Waals surface area contributed by atoms with Crippen LogP contribution in [0.2, 0.25) is 0 Å². The van der Waals surface area contributed by atoms with Crippen molar-refractivity contribution in [3.05, 3.63) is 35.9 Å². The molecule has 0 radical (unpaired) electrons. The van der Waals surface area contributed by atoms with Crippen LogP contribution in [0.3, 0.4) is 0 Å². The Morgan fingerprint density at radius 3 is 2.52 bits per heavy atom. The zero-order valence-corrected chi connectivity index (χ0v) is 12.0. The topological polar surface area (TPSA) is 75.6 Å². The van der Waals surface area contributed by atoms with E-state index >= 15 is 0 Å². The van der Waals surface area contributed by atoms with E-state index in [0.29, 0.717) is 39.0 Å². The fraction of sp³-hybridized carbons (Fsp3) is 0.500. The van der Waals surface area contributed by atoms with Crippen LogP contribution in [0, 0.1) is 5.41 Å². The van der Waals surface area contributed by atoms with E-state index in [9.17, 15) is 9.59 Å². The second-order valence-electron chi connectivity index (χ2n) is 5.34. The second-order valence-corrected chi connectivity index (χ2v) is 5.34. The van der Waals surface area contributed by atoms with Crippen LogP contribution in [0.15, 0.2) is 30.3 Å². The molecule has 1 aliphatic carbocycles. The Bertz CT molecular complexity index is 482. The first kappa shape index (κ1) is 15.5. The van der Waals surface area contributed by atoms with Crippen LogP contribution < -0.4 is 5.32 Å². The molecule has 1 amide bonds. The molecule has 0 saturated heterocycles. The highest BCUT2D eigenvalue weighted by Gasteiger charge is 2.56. The molecule has 0 bridgehead atoms. The number of rotatable bonds is 9. The van der Waals surface area contributed by atoms with Crippen molar-refractivity contribution in [1.82, 2.24) is 5.32 Å². The average Bonchev–Trinajstić information content (AvgIpc) is 3.29. The third kappa shape index (κ3) is 4.29. The van der Waals surface area contributed by atoms with Gasteiger partial charge in [-0.3, -0.25) is 9.59 Å². The van der Waals surface area contributed by atoms with Crippen molar-refractivity contribution in [2.75, 3.05) is 19.8 Å². The van der Waals surface area contributed by atoms with Gasteiger partial charge in [-0.1, -0.05) is 30.3 Å². The monoisotopic (exact) mass is 291 g/mol. The molecule has 2 rings (SSSR count). The zero-order chi connectivity index (χ0) is 15.1. The van der Waals surface area contributed by atoms with Gasteiger partial charge >= 0.3 is 5.97 Å². The molecule has 0 heterocycles. The quantitative estimate of drug-likeness (QED) is 0.535. The van der Waals surface area contributed by atoms with Gasteiger partial charge in [-0.05, 0) is 31.2 Å². The predicted octanol–water partition coefficient (Wildman–Crippen LogP) is 1.62. The Balaban J connectivity index is 1.51. The van der Waals surface area contributed by atoms with Gasteiger partial charge in [0.05, 0.1) is 6.61 Å². The molecule has 1 saturated carbocycles. The molecule has 21 heavy (non-hydrogen) atoms. The minimum atomic E-state index is -1.14. The molecule has 114 valence electrons. The van der Waals surface area contributed by atoms with E-state index in [1.807, 2.05) is 18.2 Å². The van der Waals surface area contributed by atoms with E-state index in [0.717, 1.165) is 6.42 Å². The van der Waals surface area contributed by atoms with Crippen LogP contribution in [0.1, 0.15) is 24.8 Å². The summed E-state index contributed by atoms with van der Waals surface area (Å²) in [6.07, 6.45) is 2.45. The summed E-state index contributed by atoms with van der Waals surface area (Å²) in [5.41, 5.74) is 0.0942. The molecule has 0 spiro atoms. The van der Waals surface area contributed by atoms with E-state index in [4.69, 9.17) is 9.84 Å². The van der Waals surface area contributed by atoms with Gasteiger partial charge in [-0.15, -0.1) is 0 Å². The van der Waals surface area contributed by atoms with Crippen LogP contribution in [-0.2, 0) is 20.7 Å². The van der Waals surface area contributed by atoms with Gasteiger partial charge in [0.2, 0.25) is 5.91 Å². The molecule has 1 fully saturated rings. The summed E-state index contributed by atoms with van der Waals surface area (Å²) in [5, 5.41) is 11.6. The lowest BCUT2D eigenvalue weighted by atomic mass is 10.1. The van der Waals surface area contributed by atoms with Crippen LogP contribution in [0.25, 0.3) is 0 Å². The molecule has 0 aliphatic heterocycles. The van der Waals surface area contributed by atoms with Crippen molar-refractivity contribution in [3.8, 4) is 0 Å². The van der Waals surface area contributed by atoms with Gasteiger partial charge in [-0.2, -0.15) is 0 Å². The maximum Gasteiger partial charge on any atom is 0.319 e. The Morgan fingerprint density at radius 1 is 1.19 bits per heavy atom. The number of hydrogen-bond acceptors (Lipinski definition) is 3. The van der Waals surface area contributed by atoms with Crippen LogP contribution in [0.5, 0.6) is 0 Å². The van der Waals surface area contributed by atoms with Gasteiger partial charge in [-0.25, -0.2) is 0 Å². The van der Waals surface area contributed by atoms with E-state index < -0.39 is 11.4 Å². The van der Waals surface area contributed by atoms with Gasteiger partial charge < -0.3 is 15.2 Å². The number of benzene rings is 1. The van der Waals surface area contributed by atoms with Crippen molar-refractivity contribution < 1.29 is 19.4 Å². The number of carboxylic acids is 1. The maximum absolute atomic E-state index is 11.7. The van der Waals surface area contributed by atoms with Gasteiger partial charge in [0.25, 0.3) is 0 Å². The van der Waals surface area contributed by atoms with Crippen molar-refractivity contribution in [1.29, 1.82) is 0 Å². The largest absolute Gasteiger partial charge is 0.480 e. The Hall–Kier alpha value is -1.88. The lowest BCUT2D eigenvalue weighted by Gasteiger charge is -2.10. The third-order valence-electron chi connectivity index (χ3n) is 3.72. The fourth-order valence-electron chi connectivity index (χ4n) is 2.15. The average molecular weight is 291 g/mol. The molecule has 5 nitrogen and oxygen atoms in total. The smallest absolute Gasteiger partial charge is 0.319 e. The molecule has 0 unspecified atom stereocenters.